The second-order valence-corrected chi connectivity index (χ2v) is 8.27. The summed E-state index contributed by atoms with van der Waals surface area (Å²) in [4.78, 5) is 31.2. The van der Waals surface area contributed by atoms with E-state index in [1.165, 1.54) is 14.0 Å². The van der Waals surface area contributed by atoms with Crippen LogP contribution < -0.4 is 5.69 Å². The maximum atomic E-state index is 13.1. The average molecular weight is 458 g/mol. The van der Waals surface area contributed by atoms with Gasteiger partial charge in [0.15, 0.2) is 5.65 Å². The van der Waals surface area contributed by atoms with Crippen LogP contribution in [0.15, 0.2) is 47.5 Å². The minimum atomic E-state index is -4.56. The highest BCUT2D eigenvalue weighted by Crippen LogP contribution is 2.29. The summed E-state index contributed by atoms with van der Waals surface area (Å²) in [6.45, 7) is 0.280. The van der Waals surface area contributed by atoms with Crippen molar-refractivity contribution in [1.29, 1.82) is 0 Å². The molecule has 0 spiro atoms. The number of pyridine rings is 2. The van der Waals surface area contributed by atoms with Crippen molar-refractivity contribution in [3.63, 3.8) is 0 Å². The van der Waals surface area contributed by atoms with Gasteiger partial charge >= 0.3 is 11.9 Å². The van der Waals surface area contributed by atoms with Crippen LogP contribution >= 0.6 is 0 Å². The van der Waals surface area contributed by atoms with Gasteiger partial charge in [0.2, 0.25) is 5.91 Å². The molecule has 1 aliphatic heterocycles. The van der Waals surface area contributed by atoms with E-state index >= 15 is 0 Å². The predicted molar refractivity (Wildman–Crippen MR) is 115 cm³/mol. The van der Waals surface area contributed by atoms with Crippen molar-refractivity contribution in [3.05, 3.63) is 53.2 Å². The molecule has 33 heavy (non-hydrogen) atoms. The van der Waals surface area contributed by atoms with Crippen LogP contribution in [0.4, 0.5) is 13.2 Å². The van der Waals surface area contributed by atoms with Gasteiger partial charge in [0, 0.05) is 31.9 Å². The van der Waals surface area contributed by atoms with Gasteiger partial charge in [-0.1, -0.05) is 6.07 Å². The van der Waals surface area contributed by atoms with Gasteiger partial charge < -0.3 is 4.90 Å². The number of fused-ring (bicyclic) bond motifs is 2. The lowest BCUT2D eigenvalue weighted by molar-refractivity contribution is -0.162. The summed E-state index contributed by atoms with van der Waals surface area (Å²) < 4.78 is 42.9. The molecule has 1 unspecified atom stereocenters. The number of nitrogens with zero attached hydrogens (tertiary/aromatic N) is 6. The molecule has 0 N–H and O–H groups in total. The SMILES string of the molecule is Cn1c(=O)n(C2CCCN(C(=O)CC(F)(F)F)C2)c2nc(-c3cnn4ccccc34)ccc21. The van der Waals surface area contributed by atoms with Crippen molar-refractivity contribution in [2.45, 2.75) is 31.5 Å². The number of carbonyl (C=O) groups is 1. The Kier molecular flexibility index (Phi) is 4.98. The molecule has 1 aliphatic rings. The van der Waals surface area contributed by atoms with Crippen LogP contribution in [0.5, 0.6) is 0 Å². The minimum Gasteiger partial charge on any atom is -0.340 e. The Morgan fingerprint density at radius 1 is 1.18 bits per heavy atom. The first-order valence-corrected chi connectivity index (χ1v) is 10.6. The third-order valence-corrected chi connectivity index (χ3v) is 6.11. The van der Waals surface area contributed by atoms with Crippen molar-refractivity contribution in [2.75, 3.05) is 13.1 Å². The van der Waals surface area contributed by atoms with Gasteiger partial charge in [-0.2, -0.15) is 18.3 Å². The highest BCUT2D eigenvalue weighted by molar-refractivity contribution is 5.82. The van der Waals surface area contributed by atoms with Crippen molar-refractivity contribution in [3.8, 4) is 11.3 Å². The molecule has 11 heteroatoms. The van der Waals surface area contributed by atoms with Crippen molar-refractivity contribution in [1.82, 2.24) is 28.6 Å². The monoisotopic (exact) mass is 458 g/mol. The number of alkyl halides is 3. The van der Waals surface area contributed by atoms with Gasteiger partial charge in [0.1, 0.15) is 6.42 Å². The fraction of sp³-hybridized carbons (Fsp3) is 0.364. The molecule has 1 atom stereocenters. The molecule has 5 rings (SSSR count). The third kappa shape index (κ3) is 3.77. The summed E-state index contributed by atoms with van der Waals surface area (Å²) in [6.07, 6.45) is -1.47. The Morgan fingerprint density at radius 2 is 2.00 bits per heavy atom. The normalized spacial score (nSPS) is 17.2. The number of hydrogen-bond donors (Lipinski definition) is 0. The lowest BCUT2D eigenvalue weighted by atomic mass is 10.0. The van der Waals surface area contributed by atoms with E-state index in [-0.39, 0.29) is 18.8 Å². The van der Waals surface area contributed by atoms with Crippen LogP contribution in [0.2, 0.25) is 0 Å². The van der Waals surface area contributed by atoms with Gasteiger partial charge in [0.25, 0.3) is 0 Å². The molecule has 0 bridgehead atoms. The molecule has 1 saturated heterocycles. The molecule has 0 radical (unpaired) electrons. The summed E-state index contributed by atoms with van der Waals surface area (Å²) in [5, 5.41) is 4.34. The van der Waals surface area contributed by atoms with Crippen LogP contribution in [-0.2, 0) is 11.8 Å². The molecule has 0 saturated carbocycles. The highest BCUT2D eigenvalue weighted by atomic mass is 19.4. The fourth-order valence-corrected chi connectivity index (χ4v) is 4.52. The number of piperidine rings is 1. The Labute approximate surface area is 185 Å². The Balaban J connectivity index is 1.55. The number of halogens is 3. The number of imidazole rings is 1. The highest BCUT2D eigenvalue weighted by Gasteiger charge is 2.36. The maximum Gasteiger partial charge on any atom is 0.397 e. The summed E-state index contributed by atoms with van der Waals surface area (Å²) in [5.41, 5.74) is 3.01. The van der Waals surface area contributed by atoms with Crippen LogP contribution in [0.25, 0.3) is 27.9 Å². The second kappa shape index (κ2) is 7.75. The van der Waals surface area contributed by atoms with Gasteiger partial charge in [-0.3, -0.25) is 13.9 Å². The molecule has 5 heterocycles. The smallest absolute Gasteiger partial charge is 0.340 e. The van der Waals surface area contributed by atoms with E-state index in [0.717, 1.165) is 11.1 Å². The number of amides is 1. The van der Waals surface area contributed by atoms with Crippen LogP contribution in [-0.4, -0.2) is 53.8 Å². The minimum absolute atomic E-state index is 0.0382. The van der Waals surface area contributed by atoms with Crippen molar-refractivity contribution < 1.29 is 18.0 Å². The first-order chi connectivity index (χ1) is 15.7. The van der Waals surface area contributed by atoms with E-state index in [0.29, 0.717) is 29.7 Å². The first kappa shape index (κ1) is 21.2. The number of rotatable bonds is 3. The van der Waals surface area contributed by atoms with E-state index in [4.69, 9.17) is 4.98 Å². The molecule has 172 valence electrons. The summed E-state index contributed by atoms with van der Waals surface area (Å²) >= 11 is 0. The molecule has 0 aromatic carbocycles. The predicted octanol–water partition coefficient (Wildman–Crippen LogP) is 3.17. The molecule has 0 aliphatic carbocycles. The molecule has 4 aromatic rings. The molecular formula is C22H21F3N6O2. The Morgan fingerprint density at radius 3 is 2.79 bits per heavy atom. The Bertz CT molecular complexity index is 1420. The number of aromatic nitrogens is 5. The largest absolute Gasteiger partial charge is 0.397 e. The zero-order valence-electron chi connectivity index (χ0n) is 17.8. The number of hydrogen-bond acceptors (Lipinski definition) is 4. The maximum absolute atomic E-state index is 13.1. The van der Waals surface area contributed by atoms with Gasteiger partial charge in [0.05, 0.1) is 29.0 Å². The van der Waals surface area contributed by atoms with E-state index in [1.54, 1.807) is 23.8 Å². The number of aryl methyl sites for hydroxylation is 1. The van der Waals surface area contributed by atoms with Crippen LogP contribution in [0, 0.1) is 0 Å². The lowest BCUT2D eigenvalue weighted by Crippen LogP contribution is -2.44. The summed E-state index contributed by atoms with van der Waals surface area (Å²) in [7, 11) is 1.63. The lowest BCUT2D eigenvalue weighted by Gasteiger charge is -2.33. The summed E-state index contributed by atoms with van der Waals surface area (Å²) in [6, 6.07) is 8.83. The fourth-order valence-electron chi connectivity index (χ4n) is 4.52. The van der Waals surface area contributed by atoms with Gasteiger partial charge in [-0.25, -0.2) is 14.3 Å². The number of likely N-dealkylation sites (tertiary alicyclic amines) is 1. The van der Waals surface area contributed by atoms with E-state index in [9.17, 15) is 22.8 Å². The molecule has 1 amide bonds. The van der Waals surface area contributed by atoms with E-state index in [2.05, 4.69) is 5.10 Å². The third-order valence-electron chi connectivity index (χ3n) is 6.11. The molecular weight excluding hydrogens is 437 g/mol. The topological polar surface area (TPSA) is 77.4 Å². The second-order valence-electron chi connectivity index (χ2n) is 8.27. The quantitative estimate of drug-likeness (QED) is 0.473. The van der Waals surface area contributed by atoms with Crippen molar-refractivity contribution in [2.24, 2.45) is 7.05 Å². The summed E-state index contributed by atoms with van der Waals surface area (Å²) in [5.74, 6) is -0.972. The first-order valence-electron chi connectivity index (χ1n) is 10.6. The van der Waals surface area contributed by atoms with Crippen LogP contribution in [0.1, 0.15) is 25.3 Å². The zero-order valence-corrected chi connectivity index (χ0v) is 17.8. The zero-order chi connectivity index (χ0) is 23.3. The van der Waals surface area contributed by atoms with E-state index in [1.807, 2.05) is 30.5 Å². The molecule has 1 fully saturated rings. The standard InChI is InChI=1S/C22H21F3N6O2/c1-28-18-8-7-16(15-12-26-30-10-3-2-6-17(15)30)27-20(18)31(21(28)33)14-5-4-9-29(13-14)19(32)11-22(23,24)25/h2-3,6-8,10,12,14H,4-5,9,11,13H2,1H3. The van der Waals surface area contributed by atoms with Crippen molar-refractivity contribution >= 4 is 22.6 Å². The van der Waals surface area contributed by atoms with Gasteiger partial charge in [-0.05, 0) is 37.1 Å². The van der Waals surface area contributed by atoms with E-state index < -0.39 is 24.5 Å². The van der Waals surface area contributed by atoms with Gasteiger partial charge in [-0.15, -0.1) is 0 Å². The average Bonchev–Trinajstić information content (AvgIpc) is 3.32. The number of carbonyl (C=O) groups excluding carboxylic acids is 1. The Hall–Kier alpha value is -3.63. The molecule has 8 nitrogen and oxygen atoms in total. The van der Waals surface area contributed by atoms with Crippen LogP contribution in [0.3, 0.4) is 0 Å². The molecule has 4 aromatic heterocycles.